The van der Waals surface area contributed by atoms with E-state index < -0.39 is 0 Å². The van der Waals surface area contributed by atoms with Crippen LogP contribution in [0.2, 0.25) is 0 Å². The molecule has 0 saturated carbocycles. The summed E-state index contributed by atoms with van der Waals surface area (Å²) in [5, 5.41) is 10.1. The molecule has 0 aliphatic heterocycles. The molecule has 0 fully saturated rings. The Hall–Kier alpha value is -1.48. The van der Waals surface area contributed by atoms with Crippen LogP contribution in [0.25, 0.3) is 10.9 Å². The summed E-state index contributed by atoms with van der Waals surface area (Å²) in [5.74, 6) is 0.916. The van der Waals surface area contributed by atoms with Crippen molar-refractivity contribution in [2.75, 3.05) is 13.7 Å². The van der Waals surface area contributed by atoms with Crippen molar-refractivity contribution in [2.24, 2.45) is 0 Å². The fourth-order valence-corrected chi connectivity index (χ4v) is 4.05. The normalized spacial score (nSPS) is 11.4. The lowest BCUT2D eigenvalue weighted by atomic mass is 10.0. The first-order valence-corrected chi connectivity index (χ1v) is 11.6. The van der Waals surface area contributed by atoms with E-state index in [1.165, 1.54) is 106 Å². The number of aromatic nitrogens is 1. The van der Waals surface area contributed by atoms with Crippen molar-refractivity contribution in [2.45, 2.75) is 96.3 Å². The molecule has 2 N–H and O–H groups in total. The first-order valence-electron chi connectivity index (χ1n) is 11.6. The fourth-order valence-electron chi connectivity index (χ4n) is 4.05. The molecule has 1 aromatic carbocycles. The molecule has 158 valence electrons. The van der Waals surface area contributed by atoms with Gasteiger partial charge in [0, 0.05) is 29.8 Å². The second-order valence-electron chi connectivity index (χ2n) is 8.15. The Balaban J connectivity index is 1.41. The molecule has 28 heavy (non-hydrogen) atoms. The lowest BCUT2D eigenvalue weighted by Gasteiger charge is -2.04. The summed E-state index contributed by atoms with van der Waals surface area (Å²) in [6.45, 7) is 0.360. The number of benzene rings is 1. The van der Waals surface area contributed by atoms with Crippen LogP contribution in [-0.4, -0.2) is 23.8 Å². The monoisotopic (exact) mass is 387 g/mol. The maximum absolute atomic E-state index is 8.75. The number of nitrogens with one attached hydrogen (secondary N) is 1. The number of unbranched alkanes of at least 4 members (excludes halogenated alkanes) is 13. The van der Waals surface area contributed by atoms with Crippen LogP contribution in [-0.2, 0) is 6.42 Å². The zero-order chi connectivity index (χ0) is 19.9. The van der Waals surface area contributed by atoms with Gasteiger partial charge in [0.15, 0.2) is 0 Å². The third-order valence-corrected chi connectivity index (χ3v) is 5.83. The summed E-state index contributed by atoms with van der Waals surface area (Å²) < 4.78 is 5.29. The molecule has 3 nitrogen and oxygen atoms in total. The van der Waals surface area contributed by atoms with Crippen molar-refractivity contribution < 1.29 is 9.84 Å². The highest BCUT2D eigenvalue weighted by molar-refractivity contribution is 5.84. The molecule has 0 aliphatic carbocycles. The predicted molar refractivity (Wildman–Crippen MR) is 120 cm³/mol. The molecule has 0 saturated heterocycles. The second-order valence-corrected chi connectivity index (χ2v) is 8.15. The average molecular weight is 388 g/mol. The van der Waals surface area contributed by atoms with Crippen molar-refractivity contribution in [3.63, 3.8) is 0 Å². The Morgan fingerprint density at radius 1 is 0.750 bits per heavy atom. The summed E-state index contributed by atoms with van der Waals surface area (Å²) in [6, 6.07) is 6.31. The van der Waals surface area contributed by atoms with Gasteiger partial charge in [0.05, 0.1) is 7.11 Å². The highest BCUT2D eigenvalue weighted by Gasteiger charge is 2.04. The number of H-pyrrole nitrogens is 1. The van der Waals surface area contributed by atoms with Crippen LogP contribution in [0.4, 0.5) is 0 Å². The van der Waals surface area contributed by atoms with Crippen LogP contribution in [0, 0.1) is 0 Å². The third kappa shape index (κ3) is 8.68. The van der Waals surface area contributed by atoms with Gasteiger partial charge in [-0.2, -0.15) is 0 Å². The molecular formula is C25H41NO2. The van der Waals surface area contributed by atoms with Crippen LogP contribution >= 0.6 is 0 Å². The predicted octanol–water partition coefficient (Wildman–Crippen LogP) is 7.17. The molecule has 1 heterocycles. The van der Waals surface area contributed by atoms with Crippen molar-refractivity contribution >= 4 is 10.9 Å². The smallest absolute Gasteiger partial charge is 0.120 e. The largest absolute Gasteiger partial charge is 0.497 e. The number of hydrogen-bond donors (Lipinski definition) is 2. The van der Waals surface area contributed by atoms with Gasteiger partial charge in [-0.15, -0.1) is 0 Å². The van der Waals surface area contributed by atoms with Crippen LogP contribution in [0.1, 0.15) is 95.5 Å². The molecule has 0 unspecified atom stereocenters. The van der Waals surface area contributed by atoms with Crippen LogP contribution in [0.3, 0.4) is 0 Å². The van der Waals surface area contributed by atoms with Crippen molar-refractivity contribution in [1.82, 2.24) is 4.98 Å². The molecule has 1 aromatic heterocycles. The van der Waals surface area contributed by atoms with Crippen LogP contribution in [0.15, 0.2) is 24.4 Å². The van der Waals surface area contributed by atoms with E-state index in [1.807, 2.05) is 0 Å². The molecule has 2 aromatic rings. The fraction of sp³-hybridized carbons (Fsp3) is 0.680. The van der Waals surface area contributed by atoms with Gasteiger partial charge >= 0.3 is 0 Å². The van der Waals surface area contributed by atoms with Crippen LogP contribution < -0.4 is 4.74 Å². The zero-order valence-electron chi connectivity index (χ0n) is 18.0. The van der Waals surface area contributed by atoms with Crippen molar-refractivity contribution in [3.8, 4) is 5.75 Å². The van der Waals surface area contributed by atoms with E-state index in [0.29, 0.717) is 6.61 Å². The lowest BCUT2D eigenvalue weighted by molar-refractivity contribution is 0.282. The minimum absolute atomic E-state index is 0.360. The van der Waals surface area contributed by atoms with E-state index in [9.17, 15) is 0 Å². The van der Waals surface area contributed by atoms with E-state index >= 15 is 0 Å². The number of fused-ring (bicyclic) bond motifs is 1. The number of aryl methyl sites for hydroxylation is 1. The van der Waals surface area contributed by atoms with E-state index in [0.717, 1.165) is 12.2 Å². The zero-order valence-corrected chi connectivity index (χ0v) is 18.0. The minimum Gasteiger partial charge on any atom is -0.497 e. The first-order chi connectivity index (χ1) is 13.8. The van der Waals surface area contributed by atoms with Gasteiger partial charge in [-0.3, -0.25) is 0 Å². The molecule has 0 amide bonds. The number of hydrogen-bond acceptors (Lipinski definition) is 2. The van der Waals surface area contributed by atoms with Crippen LogP contribution in [0.5, 0.6) is 5.75 Å². The van der Waals surface area contributed by atoms with Gasteiger partial charge in [0.2, 0.25) is 0 Å². The van der Waals surface area contributed by atoms with E-state index in [-0.39, 0.29) is 0 Å². The Kier molecular flexibility index (Phi) is 11.8. The molecule has 0 radical (unpaired) electrons. The standard InChI is InChI=1S/C25H41NO2/c1-28-23-17-18-24-22(21-26-25(24)20-23)16-14-12-10-8-6-4-2-3-5-7-9-11-13-15-19-27/h17-18,20-21,26-27H,2-16,19H2,1H3. The summed E-state index contributed by atoms with van der Waals surface area (Å²) in [6.07, 6.45) is 22.0. The number of aliphatic hydroxyl groups is 1. The Morgan fingerprint density at radius 3 is 1.82 bits per heavy atom. The highest BCUT2D eigenvalue weighted by atomic mass is 16.5. The molecule has 0 aliphatic rings. The van der Waals surface area contributed by atoms with Gasteiger partial charge in [-0.25, -0.2) is 0 Å². The quantitative estimate of drug-likeness (QED) is 0.282. The van der Waals surface area contributed by atoms with E-state index in [4.69, 9.17) is 9.84 Å². The minimum atomic E-state index is 0.360. The third-order valence-electron chi connectivity index (χ3n) is 5.83. The van der Waals surface area contributed by atoms with Gasteiger partial charge in [0.25, 0.3) is 0 Å². The molecule has 0 atom stereocenters. The molecule has 3 heteroatoms. The van der Waals surface area contributed by atoms with Gasteiger partial charge < -0.3 is 14.8 Å². The van der Waals surface area contributed by atoms with E-state index in [1.54, 1.807) is 7.11 Å². The number of rotatable bonds is 17. The molecule has 2 rings (SSSR count). The first kappa shape index (κ1) is 22.8. The maximum Gasteiger partial charge on any atom is 0.120 e. The Bertz CT molecular complexity index is 635. The molecule has 0 spiro atoms. The summed E-state index contributed by atoms with van der Waals surface area (Å²) in [5.41, 5.74) is 2.62. The van der Waals surface area contributed by atoms with Crippen molar-refractivity contribution in [3.05, 3.63) is 30.0 Å². The van der Waals surface area contributed by atoms with Gasteiger partial charge in [-0.05, 0) is 37.0 Å². The van der Waals surface area contributed by atoms with Crippen molar-refractivity contribution in [1.29, 1.82) is 0 Å². The maximum atomic E-state index is 8.75. The molecular weight excluding hydrogens is 346 g/mol. The highest BCUT2D eigenvalue weighted by Crippen LogP contribution is 2.24. The number of methoxy groups -OCH3 is 1. The number of aromatic amines is 1. The Labute approximate surface area is 171 Å². The topological polar surface area (TPSA) is 45.2 Å². The second kappa shape index (κ2) is 14.5. The summed E-state index contributed by atoms with van der Waals surface area (Å²) in [7, 11) is 1.72. The Morgan fingerprint density at radius 2 is 1.29 bits per heavy atom. The SMILES string of the molecule is COc1ccc2c(CCCCCCCCCCCCCCCCO)c[nH]c2c1. The lowest BCUT2D eigenvalue weighted by Crippen LogP contribution is -1.86. The summed E-state index contributed by atoms with van der Waals surface area (Å²) in [4.78, 5) is 3.38. The average Bonchev–Trinajstić information content (AvgIpc) is 3.13. The van der Waals surface area contributed by atoms with E-state index in [2.05, 4.69) is 29.4 Å². The number of aliphatic hydroxyl groups excluding tert-OH is 1. The molecule has 0 bridgehead atoms. The van der Waals surface area contributed by atoms with Gasteiger partial charge in [0.1, 0.15) is 5.75 Å². The van der Waals surface area contributed by atoms with Gasteiger partial charge in [-0.1, -0.05) is 77.0 Å². The summed E-state index contributed by atoms with van der Waals surface area (Å²) >= 11 is 0. The number of ether oxygens (including phenoxy) is 1.